The van der Waals surface area contributed by atoms with Crippen LogP contribution in [0.15, 0.2) is 0 Å². The lowest BCUT2D eigenvalue weighted by molar-refractivity contribution is 0.381. The molecule has 2 unspecified atom stereocenters. The van der Waals surface area contributed by atoms with Crippen molar-refractivity contribution >= 4 is 410 Å². The van der Waals surface area contributed by atoms with Gasteiger partial charge in [0.25, 0.3) is 0 Å². The van der Waals surface area contributed by atoms with Crippen molar-refractivity contribution in [2.75, 3.05) is 0 Å². The minimum atomic E-state index is -4.87. The van der Waals surface area contributed by atoms with Gasteiger partial charge in [-0.3, -0.25) is 0 Å². The molecule has 0 heterocycles. The Balaban J connectivity index is 6.05. The monoisotopic (exact) mass is 2450 g/mol. The van der Waals surface area contributed by atoms with Crippen molar-refractivity contribution in [2.45, 2.75) is 64.8 Å². The maximum absolute atomic E-state index is 13.2. The summed E-state index contributed by atoms with van der Waals surface area (Å²) in [5.74, 6) is 0. The summed E-state index contributed by atoms with van der Waals surface area (Å²) in [4.78, 5) is 0. The van der Waals surface area contributed by atoms with Gasteiger partial charge in [-0.05, 0) is 52.4 Å². The molecule has 0 amide bonds. The minimum absolute atomic E-state index is 0.686. The van der Waals surface area contributed by atoms with Crippen LogP contribution < -0.4 is 0 Å². The summed E-state index contributed by atoms with van der Waals surface area (Å²) in [6, 6.07) is 0.801. The van der Waals surface area contributed by atoms with Crippen molar-refractivity contribution in [1.29, 1.82) is 5.26 Å². The van der Waals surface area contributed by atoms with E-state index in [9.17, 15) is 211 Å². The number of nitriles is 1. The van der Waals surface area contributed by atoms with Gasteiger partial charge in [0.1, 0.15) is 0 Å². The van der Waals surface area contributed by atoms with Gasteiger partial charge in [-0.25, -0.2) is 0 Å². The highest BCUT2D eigenvalue weighted by atomic mass is 30.1. The number of rotatable bonds is 58. The van der Waals surface area contributed by atoms with Crippen LogP contribution in [0.2, 0.25) is 58.4 Å². The third-order valence-electron chi connectivity index (χ3n) is 12.1. The molecule has 0 aromatic carbocycles. The molecule has 52 nitrogen and oxygen atoms in total. The van der Waals surface area contributed by atoms with Gasteiger partial charge < -0.3 is 226 Å². The molecule has 0 radical (unpaired) electrons. The average molecular weight is 2460 g/mol. The molecule has 0 aliphatic rings. The Labute approximate surface area is 703 Å². The van der Waals surface area contributed by atoms with E-state index in [0.717, 1.165) is 6.55 Å². The van der Waals surface area contributed by atoms with E-state index in [0.29, 0.717) is 0 Å². The van der Waals surface area contributed by atoms with E-state index >= 15 is 0 Å². The lowest BCUT2D eigenvalue weighted by Gasteiger charge is -2.25. The van der Waals surface area contributed by atoms with Crippen LogP contribution in [0.5, 0.6) is 0 Å². The summed E-state index contributed by atoms with van der Waals surface area (Å²) in [5, 5.41) is 9.20. The number of hydrogen-bond acceptors (Lipinski definition) is 52. The van der Waals surface area contributed by atoms with Gasteiger partial charge in [0.15, 0.2) is 16.6 Å². The molecule has 0 aromatic rings. The molecule has 0 aliphatic heterocycles. The zero-order valence-electron chi connectivity index (χ0n) is 57.7. The van der Waals surface area contributed by atoms with Crippen LogP contribution in [-0.4, -0.2) is 410 Å². The molecule has 0 fully saturated rings. The molecule has 596 valence electrons. The smallest absolute Gasteiger partial charge is 0.533 e. The summed E-state index contributed by atoms with van der Waals surface area (Å²) in [5.41, 5.74) is 0. The Morgan fingerprint density at radius 1 is 0.243 bits per heavy atom. The van der Waals surface area contributed by atoms with Crippen molar-refractivity contribution < 1.29 is 226 Å². The predicted octanol–water partition coefficient (Wildman–Crippen LogP) is -21.4. The Morgan fingerprint density at radius 2 is 0.409 bits per heavy atom. The molecule has 104 heteroatoms. The SMILES string of the molecule is C[SiH](O[Si](=O)[Si](=O)[Si](=O)[Si](=O)[Si](=O)[Si](=O)[Si](=O)[Si](=O)[Si](=O)[Si](=O)[Si](=O)[Si](=O)[Si](=O)[Si](=O)[Si](=O)[Si](=O)[Si](=O)[Si](=O)[Si](=O)[Si](=O)[Si](=O)[Si](=O)[Si](=O)[Si](=O)[Si](=O)[Si](=O)[Si](=O)[Si](=O)[SiH2]O[Si](C)(CCC#N)O[Si](=O)[Si](=O)[Si](=O)[Si](=O)[Si](=O)[Si](=O)[Si](=O)[Si](=O)[Si](=O)[Si](=O)[Si](=O)[Si](=O)[Si](=O)[Si](=O)[Si](=O)[Si](=O)[Si](=O)[Si](=O)[SiH2]O[Si](C)(C)C)O[Si](C)(C)C. The summed E-state index contributed by atoms with van der Waals surface area (Å²) in [6.45, 7) is 12.1. The second-order valence-corrected chi connectivity index (χ2v) is 264. The topological polar surface area (TPSA) is 855 Å². The standard InChI is InChI=1S/C11H33NO51Si52/c1-66(62-114(5,6)7)61-67(13)71(17)75(21)79(25)83(29)87(33)91(37)95(41)99(45)103(49)105(51)107(53)109(55)111(57)112(58)110(56)108(54)106(52)104(50)102(48)98(44)94(40)90(36)86(32)82(28)78(24)74(20)70(16)65-60-115(8,11-9-10-12)63-68(14)72(18)76(22)80(26)84(30)88(34)92(38)96(42)100(46)101(47)97(43)93(39)89(35)85(31)81(27)77(23)73(19)69(15)64-59-113(2,3)4/h66H,9,11,64-65H2,1-8H3. The molecule has 0 N–H and O–H groups in total. The van der Waals surface area contributed by atoms with Crippen molar-refractivity contribution in [2.24, 2.45) is 0 Å². The van der Waals surface area contributed by atoms with E-state index in [1.165, 1.54) is 12.6 Å². The number of nitrogens with zero attached hydrogens (tertiary/aromatic N) is 1. The summed E-state index contributed by atoms with van der Waals surface area (Å²) >= 11 is 0. The normalized spacial score (nSPS) is 11.5. The van der Waals surface area contributed by atoms with Crippen LogP contribution in [-0.2, 0) is 226 Å². The maximum Gasteiger partial charge on any atom is 0.533 e. The molecule has 0 saturated carbocycles. The fourth-order valence-corrected chi connectivity index (χ4v) is 555. The molecule has 0 rings (SSSR count). The van der Waals surface area contributed by atoms with Crippen LogP contribution in [0.3, 0.4) is 0 Å². The van der Waals surface area contributed by atoms with E-state index in [1.54, 1.807) is 39.3 Å². The van der Waals surface area contributed by atoms with Crippen LogP contribution in [0.1, 0.15) is 6.42 Å². The molecule has 0 aromatic heterocycles. The Hall–Kier alpha value is 1.05. The number of hydrogen-bond donors (Lipinski definition) is 0. The molecule has 0 bridgehead atoms. The Morgan fingerprint density at radius 3 is 0.583 bits per heavy atom. The fraction of sp³-hybridized carbons (Fsp3) is 0.909. The lowest BCUT2D eigenvalue weighted by Crippen LogP contribution is -2.57. The highest BCUT2D eigenvalue weighted by molar-refractivity contribution is 7.86. The van der Waals surface area contributed by atoms with E-state index in [-0.39, 0.29) is 0 Å². The Kier molecular flexibility index (Phi) is 52.2. The fourth-order valence-electron chi connectivity index (χ4n) is 6.39. The van der Waals surface area contributed by atoms with E-state index in [1.807, 2.05) is 0 Å². The summed E-state index contributed by atoms with van der Waals surface area (Å²) in [6.07, 6.45) is -0.686. The first-order valence-corrected chi connectivity index (χ1v) is 155. The third-order valence-corrected chi connectivity index (χ3v) is 386. The van der Waals surface area contributed by atoms with Crippen LogP contribution >= 0.6 is 0 Å². The van der Waals surface area contributed by atoms with Gasteiger partial charge in [-0.1, -0.05) is 0 Å². The van der Waals surface area contributed by atoms with Gasteiger partial charge >= 0.3 is 374 Å². The minimum Gasteiger partial charge on any atom is -0.560 e. The second-order valence-electron chi connectivity index (χ2n) is 22.7. The van der Waals surface area contributed by atoms with Crippen LogP contribution in [0.4, 0.5) is 0 Å². The van der Waals surface area contributed by atoms with Crippen molar-refractivity contribution in [3.63, 3.8) is 0 Å². The lowest BCUT2D eigenvalue weighted by atomic mass is 10.6. The molecule has 115 heavy (non-hydrogen) atoms. The van der Waals surface area contributed by atoms with Gasteiger partial charge in [0, 0.05) is 12.5 Å². The van der Waals surface area contributed by atoms with Crippen molar-refractivity contribution in [3.8, 4) is 6.07 Å². The van der Waals surface area contributed by atoms with E-state index in [2.05, 4.69) is 0 Å². The highest BCUT2D eigenvalue weighted by Crippen LogP contribution is 2.16. The first-order valence-electron chi connectivity index (χ1n) is 28.9. The average Bonchev–Trinajstić information content (AvgIpc) is 0.821. The van der Waals surface area contributed by atoms with E-state index < -0.39 is 422 Å². The van der Waals surface area contributed by atoms with Gasteiger partial charge in [-0.2, -0.15) is 5.26 Å². The molecular formula is C11H33NO51Si52. The molecular weight excluding hydrogens is 2420 g/mol. The zero-order valence-corrected chi connectivity index (χ0v) is 111. The highest BCUT2D eigenvalue weighted by Gasteiger charge is 2.61. The summed E-state index contributed by atoms with van der Waals surface area (Å²) in [7, 11) is -227. The molecule has 0 spiro atoms. The first-order chi connectivity index (χ1) is 52.2. The molecule has 0 saturated heterocycles. The van der Waals surface area contributed by atoms with Crippen LogP contribution in [0, 0.1) is 11.3 Å². The van der Waals surface area contributed by atoms with Gasteiger partial charge in [-0.15, -0.1) is 0 Å². The van der Waals surface area contributed by atoms with Gasteiger partial charge in [0.05, 0.1) is 6.07 Å². The van der Waals surface area contributed by atoms with Crippen LogP contribution in [0.25, 0.3) is 0 Å². The van der Waals surface area contributed by atoms with Gasteiger partial charge in [0.2, 0.25) is 18.6 Å². The Bertz CT molecular complexity index is 5120. The largest absolute Gasteiger partial charge is 0.560 e. The van der Waals surface area contributed by atoms with E-state index in [4.69, 9.17) is 20.6 Å². The quantitative estimate of drug-likeness (QED) is 0.0510. The zero-order chi connectivity index (χ0) is 90.7. The molecule has 0 aliphatic carbocycles. The third kappa shape index (κ3) is 34.0. The first kappa shape index (κ1) is 116. The molecule has 2 atom stereocenters. The predicted molar refractivity (Wildman–Crippen MR) is 405 cm³/mol. The summed E-state index contributed by atoms with van der Waals surface area (Å²) < 4.78 is 620. The maximum atomic E-state index is 13.2. The van der Waals surface area contributed by atoms with Crippen molar-refractivity contribution in [1.82, 2.24) is 0 Å². The van der Waals surface area contributed by atoms with Crippen molar-refractivity contribution in [3.05, 3.63) is 0 Å². The second kappa shape index (κ2) is 51.8.